The van der Waals surface area contributed by atoms with E-state index in [0.717, 1.165) is 66.3 Å². The maximum Gasteiger partial charge on any atom is 0.0842 e. The maximum atomic E-state index is 5.52. The van der Waals surface area contributed by atoms with E-state index in [1.54, 1.807) is 0 Å². The first-order valence-electron chi connectivity index (χ1n) is 18.3. The lowest BCUT2D eigenvalue weighted by Gasteiger charge is -2.33. The fourth-order valence-electron chi connectivity index (χ4n) is 8.38. The molecule has 1 unspecified atom stereocenters. The van der Waals surface area contributed by atoms with Crippen LogP contribution in [0.25, 0.3) is 71.1 Å². The normalized spacial score (nSPS) is 14.5. The average Bonchev–Trinajstić information content (AvgIpc) is 3.77. The molecule has 54 heavy (non-hydrogen) atoms. The largest absolute Gasteiger partial charge is 0.438 e. The standard InChI is InChI=1S/C49H32N5/c1-3-18-33(19-4-1)53-43-30-11-9-23-36(43)38-25-14-28-41(45(38)53)48-50-47(40-27-13-17-32-16-7-8-22-35(32)40)51-49(52-48)42-29-15-26-39-37-24-10-12-31-44(37)54(46(39)42)34-20-5-2-6-21-34/h1-31,48H/q-1. The molecule has 11 rings (SSSR count). The lowest BCUT2D eigenvalue weighted by molar-refractivity contribution is 0.881. The van der Waals surface area contributed by atoms with Gasteiger partial charge in [-0.25, -0.2) is 0 Å². The summed E-state index contributed by atoms with van der Waals surface area (Å²) in [6.07, 6.45) is -0.563. The number of aromatic nitrogens is 2. The Labute approximate surface area is 311 Å². The highest BCUT2D eigenvalue weighted by Gasteiger charge is 2.23. The van der Waals surface area contributed by atoms with Crippen LogP contribution in [-0.2, 0) is 0 Å². The van der Waals surface area contributed by atoms with Gasteiger partial charge >= 0.3 is 0 Å². The molecule has 5 nitrogen and oxygen atoms in total. The van der Waals surface area contributed by atoms with Crippen LogP contribution in [0.3, 0.4) is 0 Å². The molecular formula is C49H32N5-. The van der Waals surface area contributed by atoms with E-state index in [1.807, 2.05) is 0 Å². The highest BCUT2D eigenvalue weighted by atomic mass is 15.2. The van der Waals surface area contributed by atoms with Crippen LogP contribution in [0.4, 0.5) is 0 Å². The molecule has 0 N–H and O–H groups in total. The number of fused-ring (bicyclic) bond motifs is 7. The van der Waals surface area contributed by atoms with E-state index in [4.69, 9.17) is 15.3 Å². The first-order valence-corrected chi connectivity index (χ1v) is 18.3. The minimum atomic E-state index is -0.563. The van der Waals surface area contributed by atoms with Gasteiger partial charge in [-0.3, -0.25) is 4.99 Å². The second-order valence-electron chi connectivity index (χ2n) is 13.7. The number of aliphatic imine (C=N–C) groups is 2. The third-order valence-corrected chi connectivity index (χ3v) is 10.7. The van der Waals surface area contributed by atoms with E-state index in [2.05, 4.69) is 197 Å². The van der Waals surface area contributed by atoms with Crippen LogP contribution in [0.1, 0.15) is 22.9 Å². The predicted molar refractivity (Wildman–Crippen MR) is 225 cm³/mol. The highest BCUT2D eigenvalue weighted by molar-refractivity contribution is 6.26. The second kappa shape index (κ2) is 12.2. The predicted octanol–water partition coefficient (Wildman–Crippen LogP) is 12.3. The van der Waals surface area contributed by atoms with Crippen LogP contribution in [-0.4, -0.2) is 20.8 Å². The number of amidine groups is 2. The third kappa shape index (κ3) is 4.65. The molecule has 0 spiro atoms. The van der Waals surface area contributed by atoms with E-state index in [9.17, 15) is 0 Å². The zero-order valence-corrected chi connectivity index (χ0v) is 29.2. The summed E-state index contributed by atoms with van der Waals surface area (Å²) < 4.78 is 4.71. The van der Waals surface area contributed by atoms with Crippen LogP contribution in [0.15, 0.2) is 198 Å². The molecule has 0 bridgehead atoms. The van der Waals surface area contributed by atoms with Crippen molar-refractivity contribution >= 4 is 66.1 Å². The fourth-order valence-corrected chi connectivity index (χ4v) is 8.38. The molecule has 0 saturated heterocycles. The molecule has 1 aliphatic heterocycles. The van der Waals surface area contributed by atoms with Crippen molar-refractivity contribution in [3.8, 4) is 11.4 Å². The summed E-state index contributed by atoms with van der Waals surface area (Å²) in [7, 11) is 0. The second-order valence-corrected chi connectivity index (χ2v) is 13.7. The maximum absolute atomic E-state index is 5.52. The summed E-state index contributed by atoms with van der Waals surface area (Å²) >= 11 is 0. The molecule has 0 fully saturated rings. The SMILES string of the molecule is c1ccc(-n2c3ccccc3c3cccc(C4=NC(c5cccc6ccccc56)=NC(c5cccc6c7ccccc7n(-c7ccccc7)c56)[N-]4)c32)cc1. The lowest BCUT2D eigenvalue weighted by atomic mass is 10.0. The van der Waals surface area contributed by atoms with Gasteiger partial charge in [0.2, 0.25) is 0 Å². The Balaban J connectivity index is 1.20. The van der Waals surface area contributed by atoms with Crippen LogP contribution in [0, 0.1) is 0 Å². The Kier molecular flexibility index (Phi) is 6.85. The van der Waals surface area contributed by atoms with Gasteiger partial charge < -0.3 is 19.4 Å². The molecule has 5 heteroatoms. The van der Waals surface area contributed by atoms with Crippen LogP contribution in [0.2, 0.25) is 0 Å². The van der Waals surface area contributed by atoms with E-state index in [1.165, 1.54) is 16.2 Å². The Morgan fingerprint density at radius 3 is 1.61 bits per heavy atom. The number of rotatable bonds is 5. The number of hydrogen-bond donors (Lipinski definition) is 0. The summed E-state index contributed by atoms with van der Waals surface area (Å²) in [4.78, 5) is 10.8. The van der Waals surface area contributed by atoms with Gasteiger partial charge in [-0.2, -0.15) is 0 Å². The molecule has 1 aliphatic rings. The van der Waals surface area contributed by atoms with E-state index in [0.29, 0.717) is 11.7 Å². The molecule has 254 valence electrons. The first-order chi connectivity index (χ1) is 26.8. The summed E-state index contributed by atoms with van der Waals surface area (Å²) in [6, 6.07) is 66.3. The van der Waals surface area contributed by atoms with E-state index in [-0.39, 0.29) is 0 Å². The molecule has 0 radical (unpaired) electrons. The Morgan fingerprint density at radius 1 is 0.407 bits per heavy atom. The van der Waals surface area contributed by atoms with Gasteiger partial charge in [0.1, 0.15) is 0 Å². The Morgan fingerprint density at radius 2 is 0.907 bits per heavy atom. The number of benzene rings is 8. The molecule has 8 aromatic carbocycles. The number of nitrogens with zero attached hydrogens (tertiary/aromatic N) is 5. The molecule has 1 atom stereocenters. The number of hydrogen-bond acceptors (Lipinski definition) is 2. The topological polar surface area (TPSA) is 48.7 Å². The molecule has 0 saturated carbocycles. The third-order valence-electron chi connectivity index (χ3n) is 10.7. The van der Waals surface area contributed by atoms with E-state index >= 15 is 0 Å². The van der Waals surface area contributed by atoms with Crippen molar-refractivity contribution in [3.05, 3.63) is 210 Å². The van der Waals surface area contributed by atoms with Gasteiger partial charge in [-0.05, 0) is 58.6 Å². The molecule has 0 aliphatic carbocycles. The van der Waals surface area contributed by atoms with Crippen LogP contribution in [0.5, 0.6) is 0 Å². The Bertz CT molecular complexity index is 3130. The van der Waals surface area contributed by atoms with Gasteiger partial charge in [0, 0.05) is 44.0 Å². The number of para-hydroxylation sites is 6. The van der Waals surface area contributed by atoms with Gasteiger partial charge in [0.15, 0.2) is 0 Å². The summed E-state index contributed by atoms with van der Waals surface area (Å²) in [5, 5.41) is 12.5. The lowest BCUT2D eigenvalue weighted by Crippen LogP contribution is -2.17. The molecule has 10 aromatic rings. The Hall–Kier alpha value is -7.24. The summed E-state index contributed by atoms with van der Waals surface area (Å²) in [5.41, 5.74) is 9.59. The van der Waals surface area contributed by atoms with Gasteiger partial charge in [0.25, 0.3) is 0 Å². The fraction of sp³-hybridized carbons (Fsp3) is 0.0204. The van der Waals surface area contributed by atoms with Crippen LogP contribution >= 0.6 is 0 Å². The van der Waals surface area contributed by atoms with Crippen molar-refractivity contribution < 1.29 is 0 Å². The van der Waals surface area contributed by atoms with Crippen LogP contribution < -0.4 is 0 Å². The van der Waals surface area contributed by atoms with Crippen molar-refractivity contribution in [2.75, 3.05) is 0 Å². The zero-order chi connectivity index (χ0) is 35.6. The van der Waals surface area contributed by atoms with E-state index < -0.39 is 6.17 Å². The summed E-state index contributed by atoms with van der Waals surface area (Å²) in [5.74, 6) is 1.32. The molecule has 3 heterocycles. The first kappa shape index (κ1) is 30.4. The monoisotopic (exact) mass is 690 g/mol. The highest BCUT2D eigenvalue weighted by Crippen LogP contribution is 2.42. The van der Waals surface area contributed by atoms with Crippen molar-refractivity contribution in [2.24, 2.45) is 9.98 Å². The summed E-state index contributed by atoms with van der Waals surface area (Å²) in [6.45, 7) is 0. The quantitative estimate of drug-likeness (QED) is 0.173. The van der Waals surface area contributed by atoms with Crippen molar-refractivity contribution in [1.29, 1.82) is 0 Å². The molecule has 0 amide bonds. The van der Waals surface area contributed by atoms with Crippen molar-refractivity contribution in [3.63, 3.8) is 0 Å². The minimum Gasteiger partial charge on any atom is -0.438 e. The van der Waals surface area contributed by atoms with Gasteiger partial charge in [-0.15, -0.1) is 0 Å². The smallest absolute Gasteiger partial charge is 0.0842 e. The van der Waals surface area contributed by atoms with Gasteiger partial charge in [0.05, 0.1) is 34.1 Å². The average molecular weight is 691 g/mol. The molecular weight excluding hydrogens is 659 g/mol. The molecule has 2 aromatic heterocycles. The van der Waals surface area contributed by atoms with Crippen molar-refractivity contribution in [2.45, 2.75) is 6.17 Å². The minimum absolute atomic E-state index is 0.563. The van der Waals surface area contributed by atoms with Gasteiger partial charge in [-0.1, -0.05) is 152 Å². The van der Waals surface area contributed by atoms with Crippen molar-refractivity contribution in [1.82, 2.24) is 9.13 Å². The zero-order valence-electron chi connectivity index (χ0n) is 29.2.